The summed E-state index contributed by atoms with van der Waals surface area (Å²) in [6, 6.07) is 10.1. The zero-order valence-electron chi connectivity index (χ0n) is 11.8. The Bertz CT molecular complexity index is 483. The number of hydrogen-bond acceptors (Lipinski definition) is 3. The van der Waals surface area contributed by atoms with Gasteiger partial charge in [-0.1, -0.05) is 25.0 Å². The third kappa shape index (κ3) is 2.96. The van der Waals surface area contributed by atoms with Crippen LogP contribution in [0.3, 0.4) is 0 Å². The number of ether oxygens (including phenoxy) is 2. The molecule has 1 heterocycles. The summed E-state index contributed by atoms with van der Waals surface area (Å²) in [5, 5.41) is 8.67. The molecule has 0 bridgehead atoms. The third-order valence-electron chi connectivity index (χ3n) is 4.47. The van der Waals surface area contributed by atoms with Gasteiger partial charge >= 0.3 is 0 Å². The zero-order chi connectivity index (χ0) is 13.8. The largest absolute Gasteiger partial charge is 0.490 e. The summed E-state index contributed by atoms with van der Waals surface area (Å²) in [5.74, 6) is 0.909. The molecule has 1 spiro atoms. The molecule has 0 radical (unpaired) electrons. The molecule has 2 fully saturated rings. The maximum atomic E-state index is 8.67. The second-order valence-corrected chi connectivity index (χ2v) is 5.95. The van der Waals surface area contributed by atoms with Gasteiger partial charge in [-0.2, -0.15) is 5.26 Å². The zero-order valence-corrected chi connectivity index (χ0v) is 11.8. The molecule has 106 valence electrons. The minimum Gasteiger partial charge on any atom is -0.490 e. The fourth-order valence-electron chi connectivity index (χ4n) is 3.42. The number of nitriles is 1. The van der Waals surface area contributed by atoms with Crippen molar-refractivity contribution in [3.05, 3.63) is 29.8 Å². The van der Waals surface area contributed by atoms with E-state index in [1.807, 2.05) is 24.3 Å². The summed E-state index contributed by atoms with van der Waals surface area (Å²) >= 11 is 0. The first-order chi connectivity index (χ1) is 9.80. The Labute approximate surface area is 120 Å². The Balaban J connectivity index is 1.61. The number of hydrogen-bond donors (Lipinski definition) is 0. The highest BCUT2D eigenvalue weighted by Crippen LogP contribution is 2.40. The summed E-state index contributed by atoms with van der Waals surface area (Å²) in [6.07, 6.45) is 7.67. The van der Waals surface area contributed by atoms with Crippen LogP contribution in [0.15, 0.2) is 24.3 Å². The van der Waals surface area contributed by atoms with E-state index in [-0.39, 0.29) is 11.7 Å². The van der Waals surface area contributed by atoms with E-state index >= 15 is 0 Å². The van der Waals surface area contributed by atoms with Crippen molar-refractivity contribution in [1.29, 1.82) is 5.26 Å². The first kappa shape index (κ1) is 13.5. The highest BCUT2D eigenvalue weighted by molar-refractivity contribution is 5.29. The smallest absolute Gasteiger partial charge is 0.119 e. The molecule has 0 amide bonds. The minimum atomic E-state index is 0.101. The van der Waals surface area contributed by atoms with E-state index in [1.165, 1.54) is 25.7 Å². The van der Waals surface area contributed by atoms with Crippen LogP contribution in [0.25, 0.3) is 0 Å². The average molecular weight is 271 g/mol. The van der Waals surface area contributed by atoms with E-state index in [1.54, 1.807) is 0 Å². The summed E-state index contributed by atoms with van der Waals surface area (Å²) in [7, 11) is 0. The van der Waals surface area contributed by atoms with Crippen molar-refractivity contribution >= 4 is 0 Å². The summed E-state index contributed by atoms with van der Waals surface area (Å²) in [6.45, 7) is 0.817. The molecule has 3 nitrogen and oxygen atoms in total. The highest BCUT2D eigenvalue weighted by Gasteiger charge is 2.40. The second kappa shape index (κ2) is 5.85. The van der Waals surface area contributed by atoms with Crippen LogP contribution >= 0.6 is 0 Å². The van der Waals surface area contributed by atoms with Crippen molar-refractivity contribution < 1.29 is 9.47 Å². The van der Waals surface area contributed by atoms with E-state index in [4.69, 9.17) is 14.7 Å². The predicted molar refractivity (Wildman–Crippen MR) is 76.6 cm³/mol. The van der Waals surface area contributed by atoms with Crippen LogP contribution in [0, 0.1) is 11.3 Å². The maximum Gasteiger partial charge on any atom is 0.119 e. The molecule has 0 aromatic heterocycles. The fourth-order valence-corrected chi connectivity index (χ4v) is 3.42. The van der Waals surface area contributed by atoms with Crippen molar-refractivity contribution in [3.8, 4) is 11.8 Å². The second-order valence-electron chi connectivity index (χ2n) is 5.95. The monoisotopic (exact) mass is 271 g/mol. The lowest BCUT2D eigenvalue weighted by molar-refractivity contribution is -0.108. The van der Waals surface area contributed by atoms with Gasteiger partial charge in [0, 0.05) is 12.8 Å². The van der Waals surface area contributed by atoms with Gasteiger partial charge in [0.05, 0.1) is 24.7 Å². The van der Waals surface area contributed by atoms with Crippen LogP contribution in [-0.2, 0) is 11.2 Å². The molecule has 1 aromatic rings. The SMILES string of the molecule is N#CCc1ccc(OC2CCOC3(CCCC3)C2)cc1. The average Bonchev–Trinajstić information content (AvgIpc) is 2.89. The molecular weight excluding hydrogens is 250 g/mol. The van der Waals surface area contributed by atoms with Crippen molar-refractivity contribution in [2.45, 2.75) is 56.7 Å². The standard InChI is InChI=1S/C17H21NO2/c18-11-7-14-3-5-15(6-4-14)20-16-8-12-19-17(13-16)9-1-2-10-17/h3-6,16H,1-2,7-10,12-13H2. The molecule has 3 rings (SSSR count). The Hall–Kier alpha value is -1.53. The van der Waals surface area contributed by atoms with Gasteiger partial charge in [-0.25, -0.2) is 0 Å². The van der Waals surface area contributed by atoms with Crippen LogP contribution in [0.5, 0.6) is 5.75 Å². The molecule has 1 saturated carbocycles. The van der Waals surface area contributed by atoms with Gasteiger partial charge in [0.25, 0.3) is 0 Å². The maximum absolute atomic E-state index is 8.67. The molecule has 2 aliphatic rings. The van der Waals surface area contributed by atoms with Crippen molar-refractivity contribution in [1.82, 2.24) is 0 Å². The van der Waals surface area contributed by atoms with Gasteiger partial charge in [0.15, 0.2) is 0 Å². The highest BCUT2D eigenvalue weighted by atomic mass is 16.5. The van der Waals surface area contributed by atoms with E-state index in [0.29, 0.717) is 6.42 Å². The van der Waals surface area contributed by atoms with Crippen LogP contribution in [0.4, 0.5) is 0 Å². The van der Waals surface area contributed by atoms with Crippen molar-refractivity contribution in [2.24, 2.45) is 0 Å². The van der Waals surface area contributed by atoms with Gasteiger partial charge in [-0.3, -0.25) is 0 Å². The molecule has 1 aliphatic carbocycles. The van der Waals surface area contributed by atoms with Crippen molar-refractivity contribution in [3.63, 3.8) is 0 Å². The first-order valence-electron chi connectivity index (χ1n) is 7.56. The van der Waals surface area contributed by atoms with Crippen LogP contribution in [0.1, 0.15) is 44.1 Å². The molecule has 1 unspecified atom stereocenters. The van der Waals surface area contributed by atoms with Gasteiger partial charge in [-0.05, 0) is 30.5 Å². The van der Waals surface area contributed by atoms with Gasteiger partial charge < -0.3 is 9.47 Å². The Kier molecular flexibility index (Phi) is 3.93. The van der Waals surface area contributed by atoms with Crippen LogP contribution < -0.4 is 4.74 Å². The number of nitrogens with zero attached hydrogens (tertiary/aromatic N) is 1. The molecule has 20 heavy (non-hydrogen) atoms. The number of benzene rings is 1. The molecular formula is C17H21NO2. The molecule has 0 N–H and O–H groups in total. The van der Waals surface area contributed by atoms with E-state index < -0.39 is 0 Å². The van der Waals surface area contributed by atoms with E-state index in [0.717, 1.165) is 30.8 Å². The molecule has 3 heteroatoms. The normalized spacial score (nSPS) is 24.4. The quantitative estimate of drug-likeness (QED) is 0.843. The Morgan fingerprint density at radius 3 is 2.70 bits per heavy atom. The summed E-state index contributed by atoms with van der Waals surface area (Å²) < 4.78 is 12.1. The Morgan fingerprint density at radius 1 is 1.25 bits per heavy atom. The Morgan fingerprint density at radius 2 is 2.00 bits per heavy atom. The molecule has 1 atom stereocenters. The molecule has 1 aliphatic heterocycles. The first-order valence-corrected chi connectivity index (χ1v) is 7.56. The summed E-state index contributed by atoms with van der Waals surface area (Å²) in [4.78, 5) is 0. The van der Waals surface area contributed by atoms with Gasteiger partial charge in [0.2, 0.25) is 0 Å². The topological polar surface area (TPSA) is 42.2 Å². The van der Waals surface area contributed by atoms with Gasteiger partial charge in [0.1, 0.15) is 11.9 Å². The fraction of sp³-hybridized carbons (Fsp3) is 0.588. The van der Waals surface area contributed by atoms with E-state index in [9.17, 15) is 0 Å². The summed E-state index contributed by atoms with van der Waals surface area (Å²) in [5.41, 5.74) is 1.14. The molecule has 1 aromatic carbocycles. The van der Waals surface area contributed by atoms with Gasteiger partial charge in [-0.15, -0.1) is 0 Å². The lowest BCUT2D eigenvalue weighted by Gasteiger charge is -2.38. The predicted octanol–water partition coefficient (Wildman–Crippen LogP) is 3.62. The lowest BCUT2D eigenvalue weighted by atomic mass is 9.90. The number of rotatable bonds is 3. The molecule has 1 saturated heterocycles. The van der Waals surface area contributed by atoms with Crippen LogP contribution in [0.2, 0.25) is 0 Å². The van der Waals surface area contributed by atoms with Crippen LogP contribution in [-0.4, -0.2) is 18.3 Å². The minimum absolute atomic E-state index is 0.101. The van der Waals surface area contributed by atoms with Crippen molar-refractivity contribution in [2.75, 3.05) is 6.61 Å². The lowest BCUT2D eigenvalue weighted by Crippen LogP contribution is -2.41. The van der Waals surface area contributed by atoms with E-state index in [2.05, 4.69) is 6.07 Å². The third-order valence-corrected chi connectivity index (χ3v) is 4.47.